The Labute approximate surface area is 122 Å². The summed E-state index contributed by atoms with van der Waals surface area (Å²) < 4.78 is 0.930. The van der Waals surface area contributed by atoms with Gasteiger partial charge in [0.1, 0.15) is 0 Å². The van der Waals surface area contributed by atoms with Gasteiger partial charge in [0.25, 0.3) is 5.91 Å². The third kappa shape index (κ3) is 3.37. The molecule has 4 heteroatoms. The van der Waals surface area contributed by atoms with Crippen molar-refractivity contribution in [2.24, 2.45) is 5.92 Å². The Balaban J connectivity index is 2.21. The van der Waals surface area contributed by atoms with E-state index in [1.54, 1.807) is 0 Å². The molecule has 0 radical (unpaired) electrons. The summed E-state index contributed by atoms with van der Waals surface area (Å²) in [4.78, 5) is 14.5. The summed E-state index contributed by atoms with van der Waals surface area (Å²) in [6.45, 7) is 4.88. The number of halogens is 1. The van der Waals surface area contributed by atoms with E-state index in [2.05, 4.69) is 22.9 Å². The van der Waals surface area contributed by atoms with E-state index in [0.29, 0.717) is 6.54 Å². The number of piperidine rings is 1. The van der Waals surface area contributed by atoms with Gasteiger partial charge in [0.2, 0.25) is 0 Å². The highest BCUT2D eigenvalue weighted by molar-refractivity contribution is 9.10. The van der Waals surface area contributed by atoms with Crippen molar-refractivity contribution in [2.45, 2.75) is 32.7 Å². The first-order valence-electron chi connectivity index (χ1n) is 6.70. The topological polar surface area (TPSA) is 40.5 Å². The second-order valence-electron chi connectivity index (χ2n) is 5.45. The van der Waals surface area contributed by atoms with Gasteiger partial charge < -0.3 is 10.0 Å². The summed E-state index contributed by atoms with van der Waals surface area (Å²) in [7, 11) is 0. The number of aliphatic hydroxyl groups is 1. The molecule has 0 spiro atoms. The summed E-state index contributed by atoms with van der Waals surface area (Å²) in [6.07, 6.45) is 1.96. The molecule has 19 heavy (non-hydrogen) atoms. The van der Waals surface area contributed by atoms with Crippen molar-refractivity contribution in [1.29, 1.82) is 0 Å². The van der Waals surface area contributed by atoms with Crippen LogP contribution in [0.4, 0.5) is 0 Å². The lowest BCUT2D eigenvalue weighted by atomic mass is 9.93. The minimum absolute atomic E-state index is 0.0649. The molecule has 0 aromatic heterocycles. The van der Waals surface area contributed by atoms with Crippen molar-refractivity contribution in [2.75, 3.05) is 13.2 Å². The molecule has 1 aromatic rings. The van der Waals surface area contributed by atoms with Crippen LogP contribution >= 0.6 is 15.9 Å². The zero-order valence-electron chi connectivity index (χ0n) is 11.4. The van der Waals surface area contributed by atoms with Crippen LogP contribution in [0.15, 0.2) is 22.7 Å². The van der Waals surface area contributed by atoms with Crippen molar-refractivity contribution < 1.29 is 9.90 Å². The van der Waals surface area contributed by atoms with Crippen LogP contribution in [0.5, 0.6) is 0 Å². The summed E-state index contributed by atoms with van der Waals surface area (Å²) in [6, 6.07) is 6.02. The summed E-state index contributed by atoms with van der Waals surface area (Å²) >= 11 is 3.44. The lowest BCUT2D eigenvalue weighted by Gasteiger charge is -2.37. The van der Waals surface area contributed by atoms with Crippen LogP contribution in [0.25, 0.3) is 0 Å². The van der Waals surface area contributed by atoms with Crippen LogP contribution in [-0.2, 0) is 0 Å². The molecule has 0 aliphatic carbocycles. The van der Waals surface area contributed by atoms with Crippen molar-refractivity contribution in [3.8, 4) is 0 Å². The Morgan fingerprint density at radius 1 is 1.42 bits per heavy atom. The molecule has 1 amide bonds. The molecule has 2 rings (SSSR count). The van der Waals surface area contributed by atoms with E-state index >= 15 is 0 Å². The number of aryl methyl sites for hydroxylation is 1. The van der Waals surface area contributed by atoms with Crippen LogP contribution in [0.2, 0.25) is 0 Å². The molecule has 1 aromatic carbocycles. The highest BCUT2D eigenvalue weighted by Crippen LogP contribution is 2.24. The molecule has 1 aliphatic heterocycles. The van der Waals surface area contributed by atoms with E-state index in [4.69, 9.17) is 0 Å². The third-order valence-electron chi connectivity index (χ3n) is 3.79. The maximum atomic E-state index is 12.6. The Morgan fingerprint density at radius 2 is 2.16 bits per heavy atom. The van der Waals surface area contributed by atoms with Gasteiger partial charge in [-0.2, -0.15) is 0 Å². The van der Waals surface area contributed by atoms with Crippen LogP contribution in [-0.4, -0.2) is 35.1 Å². The van der Waals surface area contributed by atoms with Gasteiger partial charge in [-0.3, -0.25) is 4.79 Å². The maximum Gasteiger partial charge on any atom is 0.254 e. The van der Waals surface area contributed by atoms with Gasteiger partial charge in [-0.25, -0.2) is 0 Å². The molecule has 0 unspecified atom stereocenters. The predicted octanol–water partition coefficient (Wildman–Crippen LogP) is 2.99. The number of hydrogen-bond donors (Lipinski definition) is 1. The monoisotopic (exact) mass is 325 g/mol. The van der Waals surface area contributed by atoms with Crippen LogP contribution in [0.3, 0.4) is 0 Å². The second-order valence-corrected chi connectivity index (χ2v) is 6.37. The quantitative estimate of drug-likeness (QED) is 0.908. The van der Waals surface area contributed by atoms with Crippen molar-refractivity contribution in [1.82, 2.24) is 4.90 Å². The highest BCUT2D eigenvalue weighted by atomic mass is 79.9. The molecule has 104 valence electrons. The molecule has 1 fully saturated rings. The van der Waals surface area contributed by atoms with Crippen molar-refractivity contribution >= 4 is 21.8 Å². The zero-order valence-corrected chi connectivity index (χ0v) is 13.0. The fourth-order valence-electron chi connectivity index (χ4n) is 2.64. The van der Waals surface area contributed by atoms with E-state index in [9.17, 15) is 9.90 Å². The first-order chi connectivity index (χ1) is 9.01. The summed E-state index contributed by atoms with van der Waals surface area (Å²) in [5, 5.41) is 9.29. The fraction of sp³-hybridized carbons (Fsp3) is 0.533. The van der Waals surface area contributed by atoms with Gasteiger partial charge >= 0.3 is 0 Å². The van der Waals surface area contributed by atoms with E-state index in [-0.39, 0.29) is 24.5 Å². The van der Waals surface area contributed by atoms with E-state index < -0.39 is 0 Å². The van der Waals surface area contributed by atoms with Crippen molar-refractivity contribution in [3.05, 3.63) is 33.8 Å². The number of benzene rings is 1. The summed E-state index contributed by atoms with van der Waals surface area (Å²) in [5.74, 6) is 0.281. The SMILES string of the molecule is Cc1cc(Br)cc(C(=O)N2C[C@@H](CO)CC[C@H]2C)c1. The molecule has 1 saturated heterocycles. The Bertz CT molecular complexity index is 455. The number of rotatable bonds is 2. The van der Waals surface area contributed by atoms with Crippen LogP contribution < -0.4 is 0 Å². The zero-order chi connectivity index (χ0) is 14.0. The lowest BCUT2D eigenvalue weighted by Crippen LogP contribution is -2.46. The average molecular weight is 326 g/mol. The molecular weight excluding hydrogens is 306 g/mol. The van der Waals surface area contributed by atoms with Crippen LogP contribution in [0.1, 0.15) is 35.7 Å². The van der Waals surface area contributed by atoms with Gasteiger partial charge in [0.05, 0.1) is 0 Å². The number of nitrogens with zero attached hydrogens (tertiary/aromatic N) is 1. The molecular formula is C15H20BrNO2. The molecule has 3 nitrogen and oxygen atoms in total. The minimum atomic E-state index is 0.0649. The largest absolute Gasteiger partial charge is 0.396 e. The predicted molar refractivity (Wildman–Crippen MR) is 79.2 cm³/mol. The number of aliphatic hydroxyl groups excluding tert-OH is 1. The highest BCUT2D eigenvalue weighted by Gasteiger charge is 2.29. The molecule has 2 atom stereocenters. The number of amides is 1. The Hall–Kier alpha value is -0.870. The molecule has 1 aliphatic rings. The summed E-state index contributed by atoms with van der Waals surface area (Å²) in [5.41, 5.74) is 1.79. The molecule has 1 heterocycles. The average Bonchev–Trinajstić information content (AvgIpc) is 2.37. The van der Waals surface area contributed by atoms with Gasteiger partial charge in [-0.05, 0) is 56.4 Å². The molecule has 0 bridgehead atoms. The minimum Gasteiger partial charge on any atom is -0.396 e. The van der Waals surface area contributed by atoms with Gasteiger partial charge in [-0.15, -0.1) is 0 Å². The Kier molecular flexibility index (Phi) is 4.63. The standard InChI is InChI=1S/C15H20BrNO2/c1-10-5-13(7-14(16)6-10)15(19)17-8-12(9-18)4-3-11(17)2/h5-7,11-12,18H,3-4,8-9H2,1-2H3/t11-,12+/m1/s1. The Morgan fingerprint density at radius 3 is 2.79 bits per heavy atom. The number of carbonyl (C=O) groups is 1. The second kappa shape index (κ2) is 6.06. The smallest absolute Gasteiger partial charge is 0.254 e. The van der Waals surface area contributed by atoms with Gasteiger partial charge in [0.15, 0.2) is 0 Å². The van der Waals surface area contributed by atoms with Crippen LogP contribution in [0, 0.1) is 12.8 Å². The molecule has 1 N–H and O–H groups in total. The first-order valence-corrected chi connectivity index (χ1v) is 7.49. The number of hydrogen-bond acceptors (Lipinski definition) is 2. The first kappa shape index (κ1) is 14.5. The van der Waals surface area contributed by atoms with E-state index in [1.165, 1.54) is 0 Å². The van der Waals surface area contributed by atoms with Crippen molar-refractivity contribution in [3.63, 3.8) is 0 Å². The fourth-order valence-corrected chi connectivity index (χ4v) is 3.25. The van der Waals surface area contributed by atoms with Gasteiger partial charge in [0, 0.05) is 29.2 Å². The third-order valence-corrected chi connectivity index (χ3v) is 4.25. The molecule has 0 saturated carbocycles. The maximum absolute atomic E-state index is 12.6. The number of likely N-dealkylation sites (tertiary alicyclic amines) is 1. The van der Waals surface area contributed by atoms with E-state index in [1.807, 2.05) is 30.0 Å². The lowest BCUT2D eigenvalue weighted by molar-refractivity contribution is 0.0489. The van der Waals surface area contributed by atoms with Gasteiger partial charge in [-0.1, -0.05) is 15.9 Å². The number of carbonyl (C=O) groups excluding carboxylic acids is 1. The van der Waals surface area contributed by atoms with E-state index in [0.717, 1.165) is 28.4 Å². The normalized spacial score (nSPS) is 23.5.